The highest BCUT2D eigenvalue weighted by Gasteiger charge is 2.43. The number of amides is 2. The number of nitrogens with zero attached hydrogens (tertiary/aromatic N) is 4. The van der Waals surface area contributed by atoms with Crippen molar-refractivity contribution in [3.8, 4) is 0 Å². The fraction of sp³-hybridized carbons (Fsp3) is 0.500. The Morgan fingerprint density at radius 1 is 1.14 bits per heavy atom. The fourth-order valence-corrected chi connectivity index (χ4v) is 6.58. The first-order chi connectivity index (χ1) is 14.2. The first kappa shape index (κ1) is 17.6. The third kappa shape index (κ3) is 3.07. The van der Waals surface area contributed by atoms with E-state index in [0.29, 0.717) is 17.8 Å². The molecule has 0 spiro atoms. The number of hydrogen-bond donors (Lipinski definition) is 1. The average Bonchev–Trinajstić information content (AvgIpc) is 3.16. The zero-order chi connectivity index (χ0) is 19.5. The van der Waals surface area contributed by atoms with E-state index < -0.39 is 0 Å². The van der Waals surface area contributed by atoms with Crippen molar-refractivity contribution in [1.29, 1.82) is 0 Å². The van der Waals surface area contributed by atoms with Crippen molar-refractivity contribution in [2.75, 3.05) is 13.1 Å². The minimum absolute atomic E-state index is 0.0363. The molecule has 0 bridgehead atoms. The molecule has 6 rings (SSSR count). The number of imidazole rings is 1. The van der Waals surface area contributed by atoms with Gasteiger partial charge in [-0.05, 0) is 37.5 Å². The standard InChI is InChI=1S/C20H21N5O2S2/c26-18(17-16(11-1-2-11)22-10-28-17)23-14-5-12-7-25(8-13(12)6-14)19(27)15-9-24-4-3-21-20(24)29-15/h3-4,9-14H,1-2,5-8H2,(H,23,26). The van der Waals surface area contributed by atoms with Gasteiger partial charge in [0.1, 0.15) is 9.75 Å². The molecule has 0 aromatic carbocycles. The summed E-state index contributed by atoms with van der Waals surface area (Å²) in [5.41, 5.74) is 2.78. The van der Waals surface area contributed by atoms with Gasteiger partial charge in [-0.25, -0.2) is 9.97 Å². The lowest BCUT2D eigenvalue weighted by atomic mass is 10.0. The van der Waals surface area contributed by atoms with Crippen LogP contribution >= 0.6 is 22.7 Å². The van der Waals surface area contributed by atoms with Crippen LogP contribution < -0.4 is 5.32 Å². The molecule has 9 heteroatoms. The predicted molar refractivity (Wildman–Crippen MR) is 111 cm³/mol. The van der Waals surface area contributed by atoms with Gasteiger partial charge in [-0.1, -0.05) is 11.3 Å². The van der Waals surface area contributed by atoms with Crippen molar-refractivity contribution in [1.82, 2.24) is 24.6 Å². The minimum Gasteiger partial charge on any atom is -0.349 e. The maximum Gasteiger partial charge on any atom is 0.265 e. The van der Waals surface area contributed by atoms with Crippen LogP contribution in [0, 0.1) is 11.8 Å². The van der Waals surface area contributed by atoms with Crippen LogP contribution in [0.25, 0.3) is 4.96 Å². The van der Waals surface area contributed by atoms with E-state index in [1.807, 2.05) is 21.7 Å². The van der Waals surface area contributed by atoms with Gasteiger partial charge in [-0.3, -0.25) is 14.0 Å². The van der Waals surface area contributed by atoms with Crippen LogP contribution in [-0.4, -0.2) is 50.2 Å². The smallest absolute Gasteiger partial charge is 0.265 e. The molecule has 150 valence electrons. The molecule has 2 saturated carbocycles. The van der Waals surface area contributed by atoms with Gasteiger partial charge in [0.05, 0.1) is 11.2 Å². The van der Waals surface area contributed by atoms with E-state index >= 15 is 0 Å². The van der Waals surface area contributed by atoms with Gasteiger partial charge in [0.15, 0.2) is 4.96 Å². The van der Waals surface area contributed by atoms with Crippen LogP contribution in [0.2, 0.25) is 0 Å². The number of hydrogen-bond acceptors (Lipinski definition) is 6. The van der Waals surface area contributed by atoms with Crippen LogP contribution in [-0.2, 0) is 0 Å². The summed E-state index contributed by atoms with van der Waals surface area (Å²) < 4.78 is 1.90. The van der Waals surface area contributed by atoms with Gasteiger partial charge >= 0.3 is 0 Å². The number of aromatic nitrogens is 3. The number of rotatable bonds is 4. The largest absolute Gasteiger partial charge is 0.349 e. The normalized spacial score (nSPS) is 26.2. The quantitative estimate of drug-likeness (QED) is 0.694. The molecule has 4 heterocycles. The van der Waals surface area contributed by atoms with Crippen LogP contribution in [0.5, 0.6) is 0 Å². The highest BCUT2D eigenvalue weighted by atomic mass is 32.1. The lowest BCUT2D eigenvalue weighted by molar-refractivity contribution is 0.0779. The molecule has 1 aliphatic heterocycles. The molecule has 2 amide bonds. The van der Waals surface area contributed by atoms with Crippen LogP contribution in [0.4, 0.5) is 0 Å². The Hall–Kier alpha value is -2.26. The molecule has 1 N–H and O–H groups in total. The monoisotopic (exact) mass is 427 g/mol. The maximum atomic E-state index is 12.9. The van der Waals surface area contributed by atoms with Gasteiger partial charge in [0.2, 0.25) is 0 Å². The topological polar surface area (TPSA) is 79.6 Å². The summed E-state index contributed by atoms with van der Waals surface area (Å²) in [6.45, 7) is 1.56. The van der Waals surface area contributed by atoms with Gasteiger partial charge in [-0.15, -0.1) is 11.3 Å². The Labute approximate surface area is 175 Å². The fourth-order valence-electron chi connectivity index (χ4n) is 4.89. The van der Waals surface area contributed by atoms with E-state index in [4.69, 9.17) is 0 Å². The molecule has 2 aliphatic carbocycles. The van der Waals surface area contributed by atoms with E-state index in [2.05, 4.69) is 15.3 Å². The minimum atomic E-state index is 0.0363. The molecular formula is C20H21N5O2S2. The number of carbonyl (C=O) groups is 2. The number of fused-ring (bicyclic) bond motifs is 2. The van der Waals surface area contributed by atoms with Crippen molar-refractivity contribution in [2.24, 2.45) is 11.8 Å². The van der Waals surface area contributed by atoms with E-state index in [1.54, 1.807) is 11.7 Å². The molecule has 3 aromatic rings. The second-order valence-corrected chi connectivity index (χ2v) is 10.3. The molecule has 2 atom stereocenters. The Bertz CT molecular complexity index is 1050. The van der Waals surface area contributed by atoms with E-state index in [9.17, 15) is 9.59 Å². The number of thiazole rings is 2. The third-order valence-corrected chi connectivity index (χ3v) is 8.28. The van der Waals surface area contributed by atoms with Crippen molar-refractivity contribution in [2.45, 2.75) is 37.6 Å². The van der Waals surface area contributed by atoms with E-state index in [-0.39, 0.29) is 17.9 Å². The molecule has 0 radical (unpaired) electrons. The summed E-state index contributed by atoms with van der Waals surface area (Å²) in [5.74, 6) is 1.57. The summed E-state index contributed by atoms with van der Waals surface area (Å²) in [4.78, 5) is 38.7. The summed E-state index contributed by atoms with van der Waals surface area (Å²) in [5, 5.41) is 3.24. The molecule has 3 aliphatic rings. The summed E-state index contributed by atoms with van der Waals surface area (Å²) in [6, 6.07) is 0.203. The summed E-state index contributed by atoms with van der Waals surface area (Å²) >= 11 is 2.89. The molecule has 29 heavy (non-hydrogen) atoms. The van der Waals surface area contributed by atoms with Gasteiger partial charge in [0, 0.05) is 43.6 Å². The highest BCUT2D eigenvalue weighted by Crippen LogP contribution is 2.42. The van der Waals surface area contributed by atoms with Crippen molar-refractivity contribution in [3.05, 3.63) is 39.5 Å². The Kier molecular flexibility index (Phi) is 4.02. The average molecular weight is 428 g/mol. The third-order valence-electron chi connectivity index (χ3n) is 6.44. The lowest BCUT2D eigenvalue weighted by Gasteiger charge is -2.19. The second kappa shape index (κ2) is 6.63. The number of likely N-dealkylation sites (tertiary alicyclic amines) is 1. The SMILES string of the molecule is O=C(NC1CC2CN(C(=O)c3cn4ccnc4s3)CC2C1)c1scnc1C1CC1. The molecule has 3 fully saturated rings. The van der Waals surface area contributed by atoms with Crippen molar-refractivity contribution >= 4 is 39.4 Å². The van der Waals surface area contributed by atoms with Crippen molar-refractivity contribution < 1.29 is 9.59 Å². The first-order valence-electron chi connectivity index (χ1n) is 10.1. The lowest BCUT2D eigenvalue weighted by Crippen LogP contribution is -2.35. The molecule has 3 aromatic heterocycles. The predicted octanol–water partition coefficient (Wildman–Crippen LogP) is 3.01. The maximum absolute atomic E-state index is 12.9. The van der Waals surface area contributed by atoms with Gasteiger partial charge in [0.25, 0.3) is 11.8 Å². The Balaban J connectivity index is 1.08. The van der Waals surface area contributed by atoms with E-state index in [1.165, 1.54) is 22.7 Å². The first-order valence-corrected chi connectivity index (χ1v) is 11.8. The molecule has 1 saturated heterocycles. The van der Waals surface area contributed by atoms with Crippen molar-refractivity contribution in [3.63, 3.8) is 0 Å². The molecule has 2 unspecified atom stereocenters. The zero-order valence-corrected chi connectivity index (χ0v) is 17.4. The van der Waals surface area contributed by atoms with Gasteiger partial charge < -0.3 is 10.2 Å². The molecule has 7 nitrogen and oxygen atoms in total. The van der Waals surface area contributed by atoms with Gasteiger partial charge in [-0.2, -0.15) is 0 Å². The van der Waals surface area contributed by atoms with Crippen LogP contribution in [0.1, 0.15) is 56.6 Å². The second-order valence-electron chi connectivity index (χ2n) is 8.43. The number of carbonyl (C=O) groups excluding carboxylic acids is 2. The Morgan fingerprint density at radius 2 is 1.93 bits per heavy atom. The van der Waals surface area contributed by atoms with Crippen LogP contribution in [0.15, 0.2) is 24.1 Å². The molecular weight excluding hydrogens is 406 g/mol. The zero-order valence-electron chi connectivity index (χ0n) is 15.8. The Morgan fingerprint density at radius 3 is 2.66 bits per heavy atom. The summed E-state index contributed by atoms with van der Waals surface area (Å²) in [7, 11) is 0. The number of nitrogens with one attached hydrogen (secondary N) is 1. The highest BCUT2D eigenvalue weighted by molar-refractivity contribution is 7.18. The van der Waals surface area contributed by atoms with Crippen LogP contribution in [0.3, 0.4) is 0 Å². The summed E-state index contributed by atoms with van der Waals surface area (Å²) in [6.07, 6.45) is 9.69. The van der Waals surface area contributed by atoms with E-state index in [0.717, 1.165) is 59.2 Å².